The highest BCUT2D eigenvalue weighted by Crippen LogP contribution is 2.23. The lowest BCUT2D eigenvalue weighted by molar-refractivity contribution is -0.384. The lowest BCUT2D eigenvalue weighted by Gasteiger charge is -2.22. The Labute approximate surface area is 111 Å². The second-order valence-corrected chi connectivity index (χ2v) is 4.37. The van der Waals surface area contributed by atoms with E-state index in [0.717, 1.165) is 6.20 Å². The van der Waals surface area contributed by atoms with Crippen LogP contribution in [0.15, 0.2) is 6.20 Å². The van der Waals surface area contributed by atoms with E-state index in [2.05, 4.69) is 15.3 Å². The van der Waals surface area contributed by atoms with Crippen LogP contribution in [0.1, 0.15) is 20.8 Å². The summed E-state index contributed by atoms with van der Waals surface area (Å²) in [4.78, 5) is 17.9. The van der Waals surface area contributed by atoms with Crippen LogP contribution < -0.4 is 11.1 Å². The van der Waals surface area contributed by atoms with Crippen LogP contribution in [-0.2, 0) is 4.74 Å². The van der Waals surface area contributed by atoms with Gasteiger partial charge in [-0.15, -0.1) is 0 Å². The predicted molar refractivity (Wildman–Crippen MR) is 71.8 cm³/mol. The predicted octanol–water partition coefficient (Wildman–Crippen LogP) is 1.44. The third-order valence-corrected chi connectivity index (χ3v) is 2.61. The minimum absolute atomic E-state index is 0.00739. The van der Waals surface area contributed by atoms with Gasteiger partial charge in [-0.3, -0.25) is 10.1 Å². The summed E-state index contributed by atoms with van der Waals surface area (Å²) in [5.74, 6) is 0.338. The van der Waals surface area contributed by atoms with E-state index in [0.29, 0.717) is 13.2 Å². The number of anilines is 2. The maximum atomic E-state index is 10.9. The summed E-state index contributed by atoms with van der Waals surface area (Å²) in [7, 11) is 0. The fraction of sp³-hybridized carbons (Fsp3) is 0.636. The third-order valence-electron chi connectivity index (χ3n) is 2.61. The molecule has 0 saturated carbocycles. The number of nitrogens with two attached hydrogens (primary N) is 1. The molecule has 1 aromatic heterocycles. The summed E-state index contributed by atoms with van der Waals surface area (Å²) >= 11 is 0. The Bertz CT molecular complexity index is 438. The van der Waals surface area contributed by atoms with Crippen LogP contribution >= 0.6 is 0 Å². The van der Waals surface area contributed by atoms with Crippen molar-refractivity contribution in [2.75, 3.05) is 24.3 Å². The standard InChI is InChI=1S/C11H19N5O3/c1-4-19-6-8(7(2)3)14-10-9(16(17)18)5-13-11(12)15-10/h5,7-8H,4,6H2,1-3H3,(H3,12,13,14,15). The second kappa shape index (κ2) is 6.83. The SMILES string of the molecule is CCOCC(Nc1nc(N)ncc1[N+](=O)[O-])C(C)C. The van der Waals surface area contributed by atoms with Crippen molar-refractivity contribution in [3.05, 3.63) is 16.3 Å². The molecular formula is C11H19N5O3. The van der Waals surface area contributed by atoms with Crippen molar-refractivity contribution in [1.29, 1.82) is 0 Å². The summed E-state index contributed by atoms with van der Waals surface area (Å²) < 4.78 is 5.35. The molecule has 1 rings (SSSR count). The van der Waals surface area contributed by atoms with Gasteiger partial charge in [0.2, 0.25) is 11.8 Å². The van der Waals surface area contributed by atoms with E-state index in [9.17, 15) is 10.1 Å². The van der Waals surface area contributed by atoms with Gasteiger partial charge in [0.25, 0.3) is 0 Å². The molecule has 1 aromatic rings. The van der Waals surface area contributed by atoms with Crippen molar-refractivity contribution in [3.63, 3.8) is 0 Å². The van der Waals surface area contributed by atoms with Gasteiger partial charge in [0, 0.05) is 6.61 Å². The van der Waals surface area contributed by atoms with Crippen LogP contribution in [0.4, 0.5) is 17.5 Å². The number of nitrogens with zero attached hydrogens (tertiary/aromatic N) is 3. The highest BCUT2D eigenvalue weighted by molar-refractivity contribution is 5.56. The average molecular weight is 269 g/mol. The number of nitro groups is 1. The maximum absolute atomic E-state index is 10.9. The molecule has 0 amide bonds. The summed E-state index contributed by atoms with van der Waals surface area (Å²) in [5.41, 5.74) is 5.27. The molecule has 106 valence electrons. The third kappa shape index (κ3) is 4.32. The molecule has 3 N–H and O–H groups in total. The normalized spacial score (nSPS) is 12.4. The van der Waals surface area contributed by atoms with Gasteiger partial charge in [0.05, 0.1) is 17.6 Å². The maximum Gasteiger partial charge on any atom is 0.329 e. The molecule has 0 aromatic carbocycles. The highest BCUT2D eigenvalue weighted by Gasteiger charge is 2.21. The Kier molecular flexibility index (Phi) is 5.43. The van der Waals surface area contributed by atoms with Gasteiger partial charge in [-0.25, -0.2) is 4.98 Å². The van der Waals surface area contributed by atoms with E-state index in [-0.39, 0.29) is 29.4 Å². The zero-order chi connectivity index (χ0) is 14.4. The van der Waals surface area contributed by atoms with E-state index in [1.807, 2.05) is 20.8 Å². The summed E-state index contributed by atoms with van der Waals surface area (Å²) in [6.45, 7) is 6.90. The molecule has 0 radical (unpaired) electrons. The molecule has 0 aliphatic rings. The highest BCUT2D eigenvalue weighted by atomic mass is 16.6. The fourth-order valence-electron chi connectivity index (χ4n) is 1.45. The smallest absolute Gasteiger partial charge is 0.329 e. The first-order valence-corrected chi connectivity index (χ1v) is 6.06. The van der Waals surface area contributed by atoms with Gasteiger partial charge in [-0.05, 0) is 12.8 Å². The molecule has 0 bridgehead atoms. The van der Waals surface area contributed by atoms with Gasteiger partial charge in [0.15, 0.2) is 0 Å². The lowest BCUT2D eigenvalue weighted by atomic mass is 10.1. The second-order valence-electron chi connectivity index (χ2n) is 4.37. The molecule has 0 fully saturated rings. The van der Waals surface area contributed by atoms with Crippen LogP contribution in [0.25, 0.3) is 0 Å². The van der Waals surface area contributed by atoms with E-state index in [1.54, 1.807) is 0 Å². The molecule has 0 spiro atoms. The number of aromatic nitrogens is 2. The van der Waals surface area contributed by atoms with E-state index < -0.39 is 4.92 Å². The Balaban J connectivity index is 2.94. The average Bonchev–Trinajstić information content (AvgIpc) is 2.33. The fourth-order valence-corrected chi connectivity index (χ4v) is 1.45. The summed E-state index contributed by atoms with van der Waals surface area (Å²) in [6, 6.07) is -0.0899. The van der Waals surface area contributed by atoms with Crippen LogP contribution in [0.2, 0.25) is 0 Å². The van der Waals surface area contributed by atoms with Gasteiger partial charge in [-0.1, -0.05) is 13.8 Å². The van der Waals surface area contributed by atoms with Gasteiger partial charge in [0.1, 0.15) is 6.20 Å². The molecule has 1 atom stereocenters. The van der Waals surface area contributed by atoms with Crippen molar-refractivity contribution < 1.29 is 9.66 Å². The number of rotatable bonds is 7. The molecule has 0 saturated heterocycles. The first-order valence-electron chi connectivity index (χ1n) is 6.06. The van der Waals surface area contributed by atoms with Crippen molar-refractivity contribution >= 4 is 17.5 Å². The van der Waals surface area contributed by atoms with Gasteiger partial charge < -0.3 is 15.8 Å². The monoisotopic (exact) mass is 269 g/mol. The lowest BCUT2D eigenvalue weighted by Crippen LogP contribution is -2.31. The first kappa shape index (κ1) is 15.1. The van der Waals surface area contributed by atoms with E-state index >= 15 is 0 Å². The molecular weight excluding hydrogens is 250 g/mol. The van der Waals surface area contributed by atoms with Crippen molar-refractivity contribution in [3.8, 4) is 0 Å². The Morgan fingerprint density at radius 1 is 1.58 bits per heavy atom. The van der Waals surface area contributed by atoms with E-state index in [1.165, 1.54) is 0 Å². The first-order chi connectivity index (χ1) is 8.95. The van der Waals surface area contributed by atoms with Crippen LogP contribution in [0.3, 0.4) is 0 Å². The number of nitrogen functional groups attached to an aromatic ring is 1. The molecule has 19 heavy (non-hydrogen) atoms. The molecule has 1 heterocycles. The molecule has 0 aliphatic heterocycles. The molecule has 8 nitrogen and oxygen atoms in total. The van der Waals surface area contributed by atoms with Gasteiger partial charge >= 0.3 is 5.69 Å². The zero-order valence-electron chi connectivity index (χ0n) is 11.3. The zero-order valence-corrected chi connectivity index (χ0v) is 11.3. The number of ether oxygens (including phenoxy) is 1. The van der Waals surface area contributed by atoms with E-state index in [4.69, 9.17) is 10.5 Å². The Morgan fingerprint density at radius 2 is 2.26 bits per heavy atom. The number of hydrogen-bond donors (Lipinski definition) is 2. The molecule has 8 heteroatoms. The molecule has 0 aliphatic carbocycles. The minimum atomic E-state index is -0.542. The molecule has 1 unspecified atom stereocenters. The van der Waals surface area contributed by atoms with Crippen molar-refractivity contribution in [2.45, 2.75) is 26.8 Å². The Morgan fingerprint density at radius 3 is 2.79 bits per heavy atom. The number of hydrogen-bond acceptors (Lipinski definition) is 7. The quantitative estimate of drug-likeness (QED) is 0.568. The van der Waals surface area contributed by atoms with Crippen molar-refractivity contribution in [1.82, 2.24) is 9.97 Å². The largest absolute Gasteiger partial charge is 0.380 e. The summed E-state index contributed by atoms with van der Waals surface area (Å²) in [5, 5.41) is 13.9. The van der Waals surface area contributed by atoms with Crippen LogP contribution in [0.5, 0.6) is 0 Å². The Hall–Kier alpha value is -1.96. The van der Waals surface area contributed by atoms with Crippen molar-refractivity contribution in [2.24, 2.45) is 5.92 Å². The number of nitrogens with one attached hydrogen (secondary N) is 1. The minimum Gasteiger partial charge on any atom is -0.380 e. The van der Waals surface area contributed by atoms with Gasteiger partial charge in [-0.2, -0.15) is 4.98 Å². The topological polar surface area (TPSA) is 116 Å². The van der Waals surface area contributed by atoms with Crippen LogP contribution in [-0.4, -0.2) is 34.1 Å². The van der Waals surface area contributed by atoms with Crippen LogP contribution in [0, 0.1) is 16.0 Å². The summed E-state index contributed by atoms with van der Waals surface area (Å²) in [6.07, 6.45) is 1.10.